The molecule has 0 unspecified atom stereocenters. The van der Waals surface area contributed by atoms with E-state index in [1.807, 2.05) is 17.0 Å². The molecule has 0 saturated carbocycles. The molecule has 4 aromatic rings. The Balaban J connectivity index is 1.33. The van der Waals surface area contributed by atoms with Gasteiger partial charge in [-0.05, 0) is 36.1 Å². The van der Waals surface area contributed by atoms with Crippen LogP contribution in [-0.4, -0.2) is 46.9 Å². The van der Waals surface area contributed by atoms with Crippen LogP contribution in [-0.2, 0) is 6.42 Å². The Morgan fingerprint density at radius 3 is 2.17 bits per heavy atom. The second kappa shape index (κ2) is 10.6. The van der Waals surface area contributed by atoms with E-state index < -0.39 is 0 Å². The molecule has 1 fully saturated rings. The van der Waals surface area contributed by atoms with Gasteiger partial charge < -0.3 is 10.6 Å². The molecule has 180 valence electrons. The van der Waals surface area contributed by atoms with Gasteiger partial charge >= 0.3 is 0 Å². The zero-order valence-electron chi connectivity index (χ0n) is 20.2. The number of hydrogen-bond donors (Lipinski definition) is 1. The predicted molar refractivity (Wildman–Crippen MR) is 145 cm³/mol. The number of benzene rings is 2. The van der Waals surface area contributed by atoms with E-state index in [0.717, 1.165) is 48.3 Å². The van der Waals surface area contributed by atoms with Crippen LogP contribution in [0, 0.1) is 0 Å². The maximum Gasteiger partial charge on any atom is 0.266 e. The molecule has 0 aliphatic carbocycles. The second-order valence-corrected chi connectivity index (χ2v) is 10.2. The smallest absolute Gasteiger partial charge is 0.266 e. The number of thiophene rings is 1. The summed E-state index contributed by atoms with van der Waals surface area (Å²) in [5, 5.41) is 0.894. The fourth-order valence-corrected chi connectivity index (χ4v) is 5.98. The van der Waals surface area contributed by atoms with E-state index in [4.69, 9.17) is 10.7 Å². The van der Waals surface area contributed by atoms with E-state index in [0.29, 0.717) is 23.7 Å². The third-order valence-corrected chi connectivity index (χ3v) is 7.93. The maximum atomic E-state index is 13.5. The summed E-state index contributed by atoms with van der Waals surface area (Å²) < 4.78 is 0. The number of nitrogen functional groups attached to an aromatic ring is 1. The van der Waals surface area contributed by atoms with Gasteiger partial charge in [0.25, 0.3) is 5.91 Å². The minimum Gasteiger partial charge on any atom is -0.397 e. The molecule has 5 nitrogen and oxygen atoms in total. The average Bonchev–Trinajstić information content (AvgIpc) is 3.24. The van der Waals surface area contributed by atoms with Crippen LogP contribution >= 0.6 is 11.3 Å². The number of nitrogens with zero attached hydrogens (tertiary/aromatic N) is 3. The highest BCUT2D eigenvalue weighted by molar-refractivity contribution is 7.21. The van der Waals surface area contributed by atoms with E-state index in [1.54, 1.807) is 0 Å². The van der Waals surface area contributed by atoms with Crippen LogP contribution in [0.5, 0.6) is 0 Å². The fourth-order valence-electron chi connectivity index (χ4n) is 4.90. The van der Waals surface area contributed by atoms with Crippen LogP contribution < -0.4 is 5.73 Å². The number of anilines is 1. The molecule has 2 aromatic carbocycles. The van der Waals surface area contributed by atoms with E-state index in [1.165, 1.54) is 22.5 Å². The number of pyridine rings is 1. The van der Waals surface area contributed by atoms with E-state index in [9.17, 15) is 4.79 Å². The average molecular weight is 485 g/mol. The minimum atomic E-state index is 0.0243. The molecule has 2 N–H and O–H groups in total. The topological polar surface area (TPSA) is 62.5 Å². The molecule has 35 heavy (non-hydrogen) atoms. The lowest BCUT2D eigenvalue weighted by molar-refractivity contribution is 0.0603. The maximum absolute atomic E-state index is 13.5. The van der Waals surface area contributed by atoms with Crippen molar-refractivity contribution in [1.29, 1.82) is 0 Å². The number of piperazine rings is 1. The van der Waals surface area contributed by atoms with Crippen LogP contribution in [0.25, 0.3) is 10.2 Å². The minimum absolute atomic E-state index is 0.0243. The molecule has 6 heteroatoms. The molecule has 1 amide bonds. The van der Waals surface area contributed by atoms with Crippen molar-refractivity contribution in [3.05, 3.63) is 94.5 Å². The molecule has 5 rings (SSSR count). The Bertz CT molecular complexity index is 1240. The van der Waals surface area contributed by atoms with E-state index >= 15 is 0 Å². The van der Waals surface area contributed by atoms with Gasteiger partial charge in [0.1, 0.15) is 9.71 Å². The number of carbonyl (C=O) groups is 1. The summed E-state index contributed by atoms with van der Waals surface area (Å²) in [6, 6.07) is 25.5. The largest absolute Gasteiger partial charge is 0.397 e. The molecule has 0 radical (unpaired) electrons. The highest BCUT2D eigenvalue weighted by atomic mass is 32.1. The lowest BCUT2D eigenvalue weighted by Gasteiger charge is -2.39. The van der Waals surface area contributed by atoms with Crippen LogP contribution in [0.2, 0.25) is 0 Å². The van der Waals surface area contributed by atoms with E-state index in [-0.39, 0.29) is 11.9 Å². The lowest BCUT2D eigenvalue weighted by atomic mass is 9.96. The molecule has 2 aromatic heterocycles. The van der Waals surface area contributed by atoms with Crippen molar-refractivity contribution < 1.29 is 4.79 Å². The highest BCUT2D eigenvalue weighted by Gasteiger charge is 2.30. The molecule has 1 aliphatic heterocycles. The van der Waals surface area contributed by atoms with Gasteiger partial charge in [0.2, 0.25) is 0 Å². The predicted octanol–water partition coefficient (Wildman–Crippen LogP) is 5.77. The first-order valence-corrected chi connectivity index (χ1v) is 13.3. The van der Waals surface area contributed by atoms with Gasteiger partial charge in [0.05, 0.1) is 11.7 Å². The first-order chi connectivity index (χ1) is 17.2. The Morgan fingerprint density at radius 1 is 0.943 bits per heavy atom. The Labute approximate surface area is 211 Å². The number of unbranched alkanes of at least 4 members (excludes halogenated alkanes) is 1. The molecular weight excluding hydrogens is 452 g/mol. The van der Waals surface area contributed by atoms with Gasteiger partial charge in [-0.2, -0.15) is 0 Å². The van der Waals surface area contributed by atoms with Crippen molar-refractivity contribution in [1.82, 2.24) is 14.8 Å². The molecular formula is C29H32N4OS. The molecule has 0 bridgehead atoms. The van der Waals surface area contributed by atoms with Gasteiger partial charge in [-0.15, -0.1) is 11.3 Å². The molecule has 1 aliphatic rings. The monoisotopic (exact) mass is 484 g/mol. The summed E-state index contributed by atoms with van der Waals surface area (Å²) >= 11 is 1.43. The van der Waals surface area contributed by atoms with Gasteiger partial charge in [-0.25, -0.2) is 4.98 Å². The first kappa shape index (κ1) is 23.5. The van der Waals surface area contributed by atoms with Crippen LogP contribution in [0.1, 0.15) is 52.3 Å². The third kappa shape index (κ3) is 4.95. The zero-order chi connectivity index (χ0) is 24.2. The van der Waals surface area contributed by atoms with Crippen LogP contribution in [0.15, 0.2) is 72.8 Å². The number of fused-ring (bicyclic) bond motifs is 1. The number of hydrogen-bond acceptors (Lipinski definition) is 5. The summed E-state index contributed by atoms with van der Waals surface area (Å²) in [5.41, 5.74) is 10.6. The van der Waals surface area contributed by atoms with Crippen LogP contribution in [0.3, 0.4) is 0 Å². The highest BCUT2D eigenvalue weighted by Crippen LogP contribution is 2.35. The summed E-state index contributed by atoms with van der Waals surface area (Å²) in [7, 11) is 0. The number of nitrogens with two attached hydrogens (primary N) is 1. The van der Waals surface area contributed by atoms with Crippen molar-refractivity contribution in [2.75, 3.05) is 31.9 Å². The van der Waals surface area contributed by atoms with Crippen molar-refractivity contribution in [3.8, 4) is 0 Å². The zero-order valence-corrected chi connectivity index (χ0v) is 21.0. The number of aromatic nitrogens is 1. The fraction of sp³-hybridized carbons (Fsp3) is 0.310. The number of aryl methyl sites for hydroxylation is 1. The molecule has 3 heterocycles. The number of amides is 1. The van der Waals surface area contributed by atoms with Gasteiger partial charge in [-0.3, -0.25) is 9.69 Å². The van der Waals surface area contributed by atoms with Gasteiger partial charge in [0.15, 0.2) is 0 Å². The third-order valence-electron chi connectivity index (χ3n) is 6.83. The number of rotatable bonds is 7. The molecule has 0 atom stereocenters. The Hall–Kier alpha value is -3.22. The Kier molecular flexibility index (Phi) is 7.11. The summed E-state index contributed by atoms with van der Waals surface area (Å²) in [5.74, 6) is 0.0243. The van der Waals surface area contributed by atoms with Gasteiger partial charge in [-0.1, -0.05) is 74.0 Å². The van der Waals surface area contributed by atoms with Crippen LogP contribution in [0.4, 0.5) is 5.69 Å². The van der Waals surface area contributed by atoms with Crippen molar-refractivity contribution in [2.45, 2.75) is 32.2 Å². The van der Waals surface area contributed by atoms with Gasteiger partial charge in [0, 0.05) is 37.3 Å². The lowest BCUT2D eigenvalue weighted by Crippen LogP contribution is -2.49. The quantitative estimate of drug-likeness (QED) is 0.362. The standard InChI is InChI=1S/C29H32N4OS/c1-2-3-14-23-15-16-24-25(30)27(35-28(24)31-23)29(34)33-19-17-32(18-20-33)26(21-10-6-4-7-11-21)22-12-8-5-9-13-22/h4-13,15-16,26H,2-3,14,17-20,30H2,1H3. The molecule has 0 spiro atoms. The Morgan fingerprint density at radius 2 is 1.57 bits per heavy atom. The van der Waals surface area contributed by atoms with Crippen molar-refractivity contribution in [2.24, 2.45) is 0 Å². The van der Waals surface area contributed by atoms with Crippen molar-refractivity contribution >= 4 is 33.1 Å². The summed E-state index contributed by atoms with van der Waals surface area (Å²) in [6.45, 7) is 5.16. The number of carbonyl (C=O) groups excluding carboxylic acids is 1. The summed E-state index contributed by atoms with van der Waals surface area (Å²) in [4.78, 5) is 24.2. The molecule has 1 saturated heterocycles. The van der Waals surface area contributed by atoms with Crippen molar-refractivity contribution in [3.63, 3.8) is 0 Å². The normalized spacial score (nSPS) is 14.6. The second-order valence-electron chi connectivity index (χ2n) is 9.16. The first-order valence-electron chi connectivity index (χ1n) is 12.5. The SMILES string of the molecule is CCCCc1ccc2c(N)c(C(=O)N3CCN(C(c4ccccc4)c4ccccc4)CC3)sc2n1. The summed E-state index contributed by atoms with van der Waals surface area (Å²) in [6.07, 6.45) is 3.21. The van der Waals surface area contributed by atoms with E-state index in [2.05, 4.69) is 72.5 Å².